The average molecular weight is 787 g/mol. The predicted octanol–water partition coefficient (Wildman–Crippen LogP) is 3.12. The Kier molecular flexibility index (Phi) is 11.1. The third-order valence-electron chi connectivity index (χ3n) is 14.8. The van der Waals surface area contributed by atoms with Crippen LogP contribution >= 0.6 is 21.6 Å². The van der Waals surface area contributed by atoms with Crippen LogP contribution in [-0.4, -0.2) is 114 Å². The van der Waals surface area contributed by atoms with E-state index in [-0.39, 0.29) is 102 Å². The van der Waals surface area contributed by atoms with Gasteiger partial charge in [0.15, 0.2) is 0 Å². The number of nitrogens with zero attached hydrogens (tertiary/aromatic N) is 1. The zero-order valence-electron chi connectivity index (χ0n) is 31.8. The van der Waals surface area contributed by atoms with Gasteiger partial charge in [-0.25, -0.2) is 4.79 Å². The fraction of sp³-hybridized carbons (Fsp3) is 0.800. The van der Waals surface area contributed by atoms with E-state index in [9.17, 15) is 24.3 Å². The van der Waals surface area contributed by atoms with Gasteiger partial charge in [-0.1, -0.05) is 39.3 Å². The van der Waals surface area contributed by atoms with Crippen molar-refractivity contribution in [3.05, 3.63) is 23.3 Å². The van der Waals surface area contributed by atoms with E-state index >= 15 is 0 Å². The summed E-state index contributed by atoms with van der Waals surface area (Å²) in [6.07, 6.45) is 10.3. The molecule has 8 rings (SSSR count). The zero-order chi connectivity index (χ0) is 37.9. The number of nitrogens with one attached hydrogen (secondary N) is 2. The third-order valence-corrected chi connectivity index (χ3v) is 17.6. The van der Waals surface area contributed by atoms with E-state index in [0.29, 0.717) is 57.2 Å². The molecule has 5 N–H and O–H groups in total. The first kappa shape index (κ1) is 38.9. The minimum Gasteiger partial charge on any atom is -0.462 e. The molecule has 12 nitrogen and oxygen atoms in total. The number of ether oxygens (including phenoxy) is 3. The van der Waals surface area contributed by atoms with Crippen LogP contribution in [0.5, 0.6) is 0 Å². The largest absolute Gasteiger partial charge is 0.462 e. The van der Waals surface area contributed by atoms with Gasteiger partial charge < -0.3 is 45.4 Å². The van der Waals surface area contributed by atoms with E-state index in [1.807, 2.05) is 35.6 Å². The number of aliphatic hydroxyl groups excluding tert-OH is 1. The highest BCUT2D eigenvalue weighted by molar-refractivity contribution is 8.77. The SMILES string of the molecule is CC=C(CCO)C(=O)O[C@@]1(C)CC=C2CSS[C@H]3C[C@H](C=O)[C@H](NC)[C@@H]4CN(C(=O)CC5CNC(N)CC5[C@H]2[C@@]12CC1CC5CCC(=O)OC5CC1O2)[C@H]43. The van der Waals surface area contributed by atoms with E-state index in [1.165, 1.54) is 5.57 Å². The molecule has 298 valence electrons. The Labute approximate surface area is 326 Å². The molecule has 1 amide bonds. The van der Waals surface area contributed by atoms with Crippen molar-refractivity contribution in [3.63, 3.8) is 0 Å². The van der Waals surface area contributed by atoms with Crippen LogP contribution in [-0.2, 0) is 33.4 Å². The fourth-order valence-corrected chi connectivity index (χ4v) is 15.3. The molecule has 7 fully saturated rings. The molecule has 0 bridgehead atoms. The first-order valence-electron chi connectivity index (χ1n) is 20.3. The summed E-state index contributed by atoms with van der Waals surface area (Å²) in [6.45, 7) is 4.91. The number of aliphatic hydroxyl groups is 1. The van der Waals surface area contributed by atoms with Crippen molar-refractivity contribution >= 4 is 45.7 Å². The number of carbonyl (C=O) groups excluding carboxylic acids is 4. The number of esters is 2. The maximum absolute atomic E-state index is 14.5. The monoisotopic (exact) mass is 786 g/mol. The minimum absolute atomic E-state index is 0.0255. The van der Waals surface area contributed by atoms with Crippen LogP contribution < -0.4 is 16.4 Å². The number of rotatable bonds is 6. The van der Waals surface area contributed by atoms with Crippen molar-refractivity contribution in [1.82, 2.24) is 15.5 Å². The molecule has 7 unspecified atom stereocenters. The Hall–Kier alpha value is -1.94. The number of amides is 1. The lowest BCUT2D eigenvalue weighted by molar-refractivity contribution is -0.229. The van der Waals surface area contributed by atoms with Gasteiger partial charge in [0.25, 0.3) is 0 Å². The Morgan fingerprint density at radius 3 is 2.78 bits per heavy atom. The second-order valence-corrected chi connectivity index (χ2v) is 20.1. The Balaban J connectivity index is 1.19. The lowest BCUT2D eigenvalue weighted by Gasteiger charge is -2.59. The number of carbonyl (C=O) groups is 4. The van der Waals surface area contributed by atoms with Crippen LogP contribution in [0.25, 0.3) is 0 Å². The number of aldehydes is 1. The van der Waals surface area contributed by atoms with Crippen molar-refractivity contribution in [2.24, 2.45) is 47.2 Å². The molecule has 0 aromatic rings. The topological polar surface area (TPSA) is 170 Å². The maximum atomic E-state index is 14.5. The van der Waals surface area contributed by atoms with Gasteiger partial charge >= 0.3 is 11.9 Å². The number of allylic oxidation sites excluding steroid dienone is 1. The summed E-state index contributed by atoms with van der Waals surface area (Å²) in [6, 6.07) is 0.152. The highest BCUT2D eigenvalue weighted by Crippen LogP contribution is 2.62. The highest BCUT2D eigenvalue weighted by atomic mass is 33.1. The van der Waals surface area contributed by atoms with E-state index in [4.69, 9.17) is 19.9 Å². The molecule has 14 heteroatoms. The molecule has 5 aliphatic heterocycles. The van der Waals surface area contributed by atoms with Crippen LogP contribution in [0.2, 0.25) is 0 Å². The van der Waals surface area contributed by atoms with Crippen LogP contribution in [0.3, 0.4) is 0 Å². The molecule has 5 heterocycles. The van der Waals surface area contributed by atoms with Crippen LogP contribution in [0, 0.1) is 41.4 Å². The van der Waals surface area contributed by atoms with Crippen molar-refractivity contribution in [2.45, 2.75) is 125 Å². The molecular formula is C40H58N4O8S2. The lowest BCUT2D eigenvalue weighted by Crippen LogP contribution is -2.72. The maximum Gasteiger partial charge on any atom is 0.334 e. The predicted molar refractivity (Wildman–Crippen MR) is 206 cm³/mol. The smallest absolute Gasteiger partial charge is 0.334 e. The molecule has 2 saturated carbocycles. The zero-order valence-corrected chi connectivity index (χ0v) is 33.4. The number of fused-ring (bicyclic) bond motifs is 6. The average Bonchev–Trinajstić information content (AvgIpc) is 3.50. The summed E-state index contributed by atoms with van der Waals surface area (Å²) in [4.78, 5) is 55.3. The van der Waals surface area contributed by atoms with Crippen LogP contribution in [0.15, 0.2) is 23.3 Å². The van der Waals surface area contributed by atoms with Gasteiger partial charge in [0.2, 0.25) is 5.91 Å². The van der Waals surface area contributed by atoms with Gasteiger partial charge in [0.1, 0.15) is 23.6 Å². The molecule has 1 spiro atoms. The van der Waals surface area contributed by atoms with Gasteiger partial charge in [-0.2, -0.15) is 0 Å². The molecular weight excluding hydrogens is 729 g/mol. The fourth-order valence-electron chi connectivity index (χ4n) is 12.1. The van der Waals surface area contributed by atoms with Crippen molar-refractivity contribution in [1.29, 1.82) is 0 Å². The lowest BCUT2D eigenvalue weighted by atomic mass is 9.56. The molecule has 3 aliphatic carbocycles. The van der Waals surface area contributed by atoms with E-state index in [2.05, 4.69) is 21.6 Å². The standard InChI is InChI=1S/C40H58N4O8S2/c1-4-21(8-10-45)38(49)52-39(2)9-7-23-20-53-54-31-12-26(19-46)36(42-3)28-18-44(37(28)31)33(47)13-25-17-43-32(41)14-27(25)35(23)40(39)16-24-11-22-5-6-34(48)50-29(22)15-30(24)51-40/h4,7,19,22,24-32,35-37,42-43,45H,5-6,8-18,20,41H2,1-3H3/t22?,24?,25?,26-,27?,28+,29?,30?,31+,32?,35+,36+,37-,39+,40+/m1/s1. The van der Waals surface area contributed by atoms with Crippen LogP contribution in [0.1, 0.15) is 78.1 Å². The molecule has 15 atom stereocenters. The van der Waals surface area contributed by atoms with Gasteiger partial charge in [-0.3, -0.25) is 9.59 Å². The summed E-state index contributed by atoms with van der Waals surface area (Å²) < 4.78 is 20.2. The molecule has 5 saturated heterocycles. The minimum atomic E-state index is -1.06. The van der Waals surface area contributed by atoms with Gasteiger partial charge in [-0.05, 0) is 76.7 Å². The van der Waals surface area contributed by atoms with Gasteiger partial charge in [-0.15, -0.1) is 0 Å². The van der Waals surface area contributed by atoms with Crippen molar-refractivity contribution < 1.29 is 38.5 Å². The van der Waals surface area contributed by atoms with E-state index < -0.39 is 17.2 Å². The second-order valence-electron chi connectivity index (χ2n) is 17.5. The van der Waals surface area contributed by atoms with Gasteiger partial charge in [0.05, 0.1) is 18.3 Å². The van der Waals surface area contributed by atoms with Crippen molar-refractivity contribution in [2.75, 3.05) is 32.5 Å². The summed E-state index contributed by atoms with van der Waals surface area (Å²) in [5, 5.41) is 16.8. The number of piperidine rings is 1. The Morgan fingerprint density at radius 1 is 1.19 bits per heavy atom. The molecule has 0 aromatic carbocycles. The highest BCUT2D eigenvalue weighted by Gasteiger charge is 2.68. The third kappa shape index (κ3) is 6.61. The first-order chi connectivity index (χ1) is 26.0. The summed E-state index contributed by atoms with van der Waals surface area (Å²) >= 11 is 0. The Bertz CT molecular complexity index is 1560. The normalized spacial score (nSPS) is 46.2. The summed E-state index contributed by atoms with van der Waals surface area (Å²) in [5.41, 5.74) is 6.45. The summed E-state index contributed by atoms with van der Waals surface area (Å²) in [7, 11) is 5.55. The molecule has 0 radical (unpaired) electrons. The van der Waals surface area contributed by atoms with E-state index in [1.54, 1.807) is 13.0 Å². The Morgan fingerprint density at radius 2 is 2.02 bits per heavy atom. The molecule has 0 aromatic heterocycles. The first-order valence-corrected chi connectivity index (χ1v) is 22.7. The molecule has 8 aliphatic rings. The quantitative estimate of drug-likeness (QED) is 0.102. The van der Waals surface area contributed by atoms with E-state index in [0.717, 1.165) is 31.3 Å². The van der Waals surface area contributed by atoms with Crippen molar-refractivity contribution in [3.8, 4) is 0 Å². The second kappa shape index (κ2) is 15.4. The van der Waals surface area contributed by atoms with Gasteiger partial charge in [0, 0.05) is 92.2 Å². The number of hydrogen-bond donors (Lipinski definition) is 4. The molecule has 54 heavy (non-hydrogen) atoms. The number of hydrogen-bond acceptors (Lipinski definition) is 13. The summed E-state index contributed by atoms with van der Waals surface area (Å²) in [5.74, 6) is 0.663. The van der Waals surface area contributed by atoms with Crippen LogP contribution in [0.4, 0.5) is 0 Å². The number of nitrogens with two attached hydrogens (primary N) is 1.